The van der Waals surface area contributed by atoms with Gasteiger partial charge in [0.2, 0.25) is 0 Å². The summed E-state index contributed by atoms with van der Waals surface area (Å²) in [6.07, 6.45) is 1.92. The number of nitrogens with zero attached hydrogens (tertiary/aromatic N) is 2. The molecule has 1 aromatic carbocycles. The van der Waals surface area contributed by atoms with Crippen molar-refractivity contribution in [3.63, 3.8) is 0 Å². The largest absolute Gasteiger partial charge is 0.396 e. The van der Waals surface area contributed by atoms with Crippen LogP contribution < -0.4 is 0 Å². The predicted octanol–water partition coefficient (Wildman–Crippen LogP) is 2.08. The lowest BCUT2D eigenvalue weighted by molar-refractivity contribution is 0.261. The number of nitrogens with one attached hydrogen (secondary N) is 1. The van der Waals surface area contributed by atoms with Crippen molar-refractivity contribution in [3.8, 4) is 0 Å². The number of aliphatic hydroxyl groups is 1. The van der Waals surface area contributed by atoms with Crippen LogP contribution in [0.5, 0.6) is 0 Å². The molecule has 0 aliphatic rings. The molecule has 0 atom stereocenters. The number of rotatable bonds is 6. The predicted molar refractivity (Wildman–Crippen MR) is 73.5 cm³/mol. The number of aryl methyl sites for hydroxylation is 1. The molecule has 0 amide bonds. The first kappa shape index (κ1) is 13.1. The zero-order chi connectivity index (χ0) is 13.0. The van der Waals surface area contributed by atoms with Gasteiger partial charge >= 0.3 is 0 Å². The summed E-state index contributed by atoms with van der Waals surface area (Å²) in [5.74, 6) is 0.957. The van der Waals surface area contributed by atoms with Crippen LogP contribution in [0.25, 0.3) is 11.0 Å². The molecule has 2 rings (SSSR count). The van der Waals surface area contributed by atoms with Crippen molar-refractivity contribution in [2.24, 2.45) is 0 Å². The summed E-state index contributed by atoms with van der Waals surface area (Å²) in [4.78, 5) is 9.94. The van der Waals surface area contributed by atoms with Gasteiger partial charge < -0.3 is 15.0 Å². The van der Waals surface area contributed by atoms with Gasteiger partial charge in [-0.1, -0.05) is 6.07 Å². The van der Waals surface area contributed by atoms with Crippen molar-refractivity contribution < 1.29 is 5.11 Å². The highest BCUT2D eigenvalue weighted by atomic mass is 16.2. The van der Waals surface area contributed by atoms with E-state index in [0.29, 0.717) is 0 Å². The van der Waals surface area contributed by atoms with Gasteiger partial charge in [0.15, 0.2) is 0 Å². The number of aliphatic hydroxyl groups excluding tert-OH is 1. The summed E-state index contributed by atoms with van der Waals surface area (Å²) < 4.78 is 0. The number of imidazole rings is 1. The molecular formula is C14H21N3O. The lowest BCUT2D eigenvalue weighted by Crippen LogP contribution is -2.19. The molecular weight excluding hydrogens is 226 g/mol. The fourth-order valence-electron chi connectivity index (χ4n) is 2.17. The highest BCUT2D eigenvalue weighted by Crippen LogP contribution is 2.14. The Balaban J connectivity index is 1.98. The first-order valence-electron chi connectivity index (χ1n) is 6.43. The monoisotopic (exact) mass is 247 g/mol. The quantitative estimate of drug-likeness (QED) is 0.768. The van der Waals surface area contributed by atoms with Crippen LogP contribution in [-0.2, 0) is 6.54 Å². The van der Waals surface area contributed by atoms with E-state index in [4.69, 9.17) is 5.11 Å². The number of hydrogen-bond acceptors (Lipinski definition) is 3. The van der Waals surface area contributed by atoms with E-state index >= 15 is 0 Å². The first-order chi connectivity index (χ1) is 8.69. The maximum atomic E-state index is 8.76. The van der Waals surface area contributed by atoms with Crippen LogP contribution in [0.15, 0.2) is 18.2 Å². The Bertz CT molecular complexity index is 507. The molecule has 0 spiro atoms. The molecule has 0 bridgehead atoms. The number of H-pyrrole nitrogens is 1. The Morgan fingerprint density at radius 2 is 2.17 bits per heavy atom. The molecule has 98 valence electrons. The second-order valence-electron chi connectivity index (χ2n) is 4.84. The van der Waals surface area contributed by atoms with Crippen molar-refractivity contribution in [1.82, 2.24) is 14.9 Å². The lowest BCUT2D eigenvalue weighted by Gasteiger charge is -2.16. The molecule has 18 heavy (non-hydrogen) atoms. The van der Waals surface area contributed by atoms with Crippen molar-refractivity contribution in [2.75, 3.05) is 20.2 Å². The first-order valence-corrected chi connectivity index (χ1v) is 6.43. The van der Waals surface area contributed by atoms with Crippen LogP contribution in [0, 0.1) is 6.92 Å². The SMILES string of the molecule is Cc1nc2ccc(CN(C)CCCCO)cc2[nH]1. The Morgan fingerprint density at radius 1 is 1.33 bits per heavy atom. The van der Waals surface area contributed by atoms with E-state index in [1.54, 1.807) is 0 Å². The van der Waals surface area contributed by atoms with Gasteiger partial charge in [0.1, 0.15) is 5.82 Å². The Kier molecular flexibility index (Phi) is 4.33. The average Bonchev–Trinajstić information content (AvgIpc) is 2.69. The van der Waals surface area contributed by atoms with Crippen LogP contribution in [0.3, 0.4) is 0 Å². The highest BCUT2D eigenvalue weighted by molar-refractivity contribution is 5.75. The van der Waals surface area contributed by atoms with E-state index in [-0.39, 0.29) is 6.61 Å². The van der Waals surface area contributed by atoms with E-state index < -0.39 is 0 Å². The third kappa shape index (κ3) is 3.31. The van der Waals surface area contributed by atoms with Crippen LogP contribution in [0.4, 0.5) is 0 Å². The molecule has 0 aliphatic carbocycles. The Morgan fingerprint density at radius 3 is 2.94 bits per heavy atom. The van der Waals surface area contributed by atoms with Gasteiger partial charge in [-0.3, -0.25) is 0 Å². The molecule has 2 aromatic rings. The third-order valence-electron chi connectivity index (χ3n) is 3.07. The standard InChI is InChI=1S/C14H21N3O/c1-11-15-13-6-5-12(9-14(13)16-11)10-17(2)7-3-4-8-18/h5-6,9,18H,3-4,7-8,10H2,1-2H3,(H,15,16). The summed E-state index contributed by atoms with van der Waals surface area (Å²) >= 11 is 0. The van der Waals surface area contributed by atoms with Crippen molar-refractivity contribution in [1.29, 1.82) is 0 Å². The summed E-state index contributed by atoms with van der Waals surface area (Å²) in [6, 6.07) is 6.36. The smallest absolute Gasteiger partial charge is 0.104 e. The zero-order valence-corrected chi connectivity index (χ0v) is 11.1. The van der Waals surface area contributed by atoms with Gasteiger partial charge in [0.25, 0.3) is 0 Å². The number of hydrogen-bond donors (Lipinski definition) is 2. The summed E-state index contributed by atoms with van der Waals surface area (Å²) in [5.41, 5.74) is 3.42. The molecule has 1 heterocycles. The number of fused-ring (bicyclic) bond motifs is 1. The van der Waals surface area contributed by atoms with Crippen LogP contribution >= 0.6 is 0 Å². The van der Waals surface area contributed by atoms with Crippen molar-refractivity contribution in [2.45, 2.75) is 26.3 Å². The number of aromatic amines is 1. The lowest BCUT2D eigenvalue weighted by atomic mass is 10.2. The molecule has 0 saturated heterocycles. The normalized spacial score (nSPS) is 11.6. The van der Waals surface area contributed by atoms with E-state index in [9.17, 15) is 0 Å². The van der Waals surface area contributed by atoms with Gasteiger partial charge in [-0.25, -0.2) is 4.98 Å². The summed E-state index contributed by atoms with van der Waals surface area (Å²) in [7, 11) is 2.11. The van der Waals surface area contributed by atoms with Crippen molar-refractivity contribution >= 4 is 11.0 Å². The average molecular weight is 247 g/mol. The third-order valence-corrected chi connectivity index (χ3v) is 3.07. The van der Waals surface area contributed by atoms with Crippen LogP contribution in [-0.4, -0.2) is 40.2 Å². The molecule has 4 heteroatoms. The molecule has 0 unspecified atom stereocenters. The van der Waals surface area contributed by atoms with Gasteiger partial charge in [0, 0.05) is 13.2 Å². The molecule has 2 N–H and O–H groups in total. The number of aromatic nitrogens is 2. The van der Waals surface area contributed by atoms with Gasteiger partial charge in [-0.2, -0.15) is 0 Å². The second-order valence-corrected chi connectivity index (χ2v) is 4.84. The fourth-order valence-corrected chi connectivity index (χ4v) is 2.17. The molecule has 0 radical (unpaired) electrons. The second kappa shape index (κ2) is 5.98. The van der Waals surface area contributed by atoms with Gasteiger partial charge in [-0.05, 0) is 51.1 Å². The van der Waals surface area contributed by atoms with Crippen LogP contribution in [0.1, 0.15) is 24.2 Å². The van der Waals surface area contributed by atoms with Crippen molar-refractivity contribution in [3.05, 3.63) is 29.6 Å². The fraction of sp³-hybridized carbons (Fsp3) is 0.500. The van der Waals surface area contributed by atoms with Gasteiger partial charge in [0.05, 0.1) is 11.0 Å². The zero-order valence-electron chi connectivity index (χ0n) is 11.1. The van der Waals surface area contributed by atoms with E-state index in [1.165, 1.54) is 5.56 Å². The molecule has 0 saturated carbocycles. The Hall–Kier alpha value is -1.39. The molecule has 1 aromatic heterocycles. The molecule has 0 fully saturated rings. The summed E-state index contributed by atoms with van der Waals surface area (Å²) in [6.45, 7) is 4.20. The number of benzene rings is 1. The minimum absolute atomic E-state index is 0.285. The molecule has 0 aliphatic heterocycles. The van der Waals surface area contributed by atoms with Crippen LogP contribution in [0.2, 0.25) is 0 Å². The highest BCUT2D eigenvalue weighted by Gasteiger charge is 2.03. The van der Waals surface area contributed by atoms with E-state index in [0.717, 1.165) is 42.8 Å². The van der Waals surface area contributed by atoms with Gasteiger partial charge in [-0.15, -0.1) is 0 Å². The maximum absolute atomic E-state index is 8.76. The molecule has 4 nitrogen and oxygen atoms in total. The minimum atomic E-state index is 0.285. The Labute approximate surface area is 108 Å². The number of unbranched alkanes of at least 4 members (excludes halogenated alkanes) is 1. The van der Waals surface area contributed by atoms with E-state index in [1.807, 2.05) is 6.92 Å². The topological polar surface area (TPSA) is 52.1 Å². The minimum Gasteiger partial charge on any atom is -0.396 e. The van der Waals surface area contributed by atoms with E-state index in [2.05, 4.69) is 40.1 Å². The summed E-state index contributed by atoms with van der Waals surface area (Å²) in [5, 5.41) is 8.76. The maximum Gasteiger partial charge on any atom is 0.104 e.